The summed E-state index contributed by atoms with van der Waals surface area (Å²) in [6.07, 6.45) is 6.82. The van der Waals surface area contributed by atoms with E-state index in [0.29, 0.717) is 11.8 Å². The van der Waals surface area contributed by atoms with Crippen molar-refractivity contribution in [3.8, 4) is 0 Å². The Morgan fingerprint density at radius 3 is 2.17 bits per heavy atom. The van der Waals surface area contributed by atoms with Crippen LogP contribution in [-0.4, -0.2) is 12.6 Å². The van der Waals surface area contributed by atoms with Crippen LogP contribution in [0.2, 0.25) is 13.1 Å². The summed E-state index contributed by atoms with van der Waals surface area (Å²) in [6, 6.07) is 0. The summed E-state index contributed by atoms with van der Waals surface area (Å²) in [5, 5.41) is 0. The molecule has 0 aromatic rings. The van der Waals surface area contributed by atoms with E-state index in [-0.39, 0.29) is 0 Å². The minimum absolute atomic E-state index is 0.326. The van der Waals surface area contributed by atoms with Gasteiger partial charge in [-0.25, -0.2) is 0 Å². The van der Waals surface area contributed by atoms with Gasteiger partial charge in [-0.05, 0) is 0 Å². The number of carbonyl (C=O) groups is 1. The third-order valence-electron chi connectivity index (χ3n) is 5.29. The molecule has 0 aromatic heterocycles. The maximum absolute atomic E-state index is 12.4. The third kappa shape index (κ3) is 5.72. The van der Waals surface area contributed by atoms with Crippen molar-refractivity contribution in [2.45, 2.75) is 86.2 Å². The zero-order valence-electron chi connectivity index (χ0n) is 16.3. The molecular formula is C19H36NOSiTi. The molecule has 131 valence electrons. The molecule has 0 heterocycles. The molecule has 4 heteroatoms. The maximum atomic E-state index is 12.4. The molecule has 0 fully saturated rings. The molecule has 0 spiro atoms. The summed E-state index contributed by atoms with van der Waals surface area (Å²) < 4.78 is 5.21. The van der Waals surface area contributed by atoms with Crippen LogP contribution in [0, 0.1) is 5.92 Å². The van der Waals surface area contributed by atoms with Gasteiger partial charge in [-0.1, -0.05) is 0 Å². The Kier molecular flexibility index (Phi) is 9.10. The van der Waals surface area contributed by atoms with E-state index < -0.39 is 24.0 Å². The molecular weight excluding hydrogens is 334 g/mol. The fourth-order valence-electron chi connectivity index (χ4n) is 3.42. The topological polar surface area (TPSA) is 29.1 Å². The van der Waals surface area contributed by atoms with Gasteiger partial charge in [0.2, 0.25) is 0 Å². The van der Waals surface area contributed by atoms with Gasteiger partial charge >= 0.3 is 151 Å². The fourth-order valence-corrected chi connectivity index (χ4v) is 14.1. The van der Waals surface area contributed by atoms with E-state index in [9.17, 15) is 4.79 Å². The van der Waals surface area contributed by atoms with Crippen molar-refractivity contribution in [3.63, 3.8) is 0 Å². The van der Waals surface area contributed by atoms with Gasteiger partial charge in [0, 0.05) is 0 Å². The first kappa shape index (κ1) is 20.9. The van der Waals surface area contributed by atoms with Gasteiger partial charge in [0.05, 0.1) is 0 Å². The Balaban J connectivity index is 2.65. The molecule has 2 nitrogen and oxygen atoms in total. The van der Waals surface area contributed by atoms with E-state index >= 15 is 0 Å². The van der Waals surface area contributed by atoms with Crippen LogP contribution >= 0.6 is 0 Å². The molecule has 1 unspecified atom stereocenters. The van der Waals surface area contributed by atoms with E-state index in [2.05, 4.69) is 51.5 Å². The van der Waals surface area contributed by atoms with E-state index in [0.717, 1.165) is 12.8 Å². The van der Waals surface area contributed by atoms with E-state index in [1.54, 1.807) is 3.88 Å². The zero-order valence-corrected chi connectivity index (χ0v) is 19.0. The van der Waals surface area contributed by atoms with Crippen molar-refractivity contribution < 1.29 is 22.2 Å². The minimum atomic E-state index is -1.62. The van der Waals surface area contributed by atoms with Gasteiger partial charge in [0.15, 0.2) is 0 Å². The summed E-state index contributed by atoms with van der Waals surface area (Å²) >= 11 is -1.62. The Hall–Kier alpha value is -0.119. The van der Waals surface area contributed by atoms with Gasteiger partial charge in [-0.15, -0.1) is 0 Å². The molecule has 0 saturated carbocycles. The molecule has 1 aliphatic rings. The Morgan fingerprint density at radius 2 is 1.70 bits per heavy atom. The number of hydrogen-bond acceptors (Lipinski definition) is 1. The first-order valence-electron chi connectivity index (χ1n) is 9.36. The second-order valence-corrected chi connectivity index (χ2v) is 20.0. The van der Waals surface area contributed by atoms with Gasteiger partial charge in [-0.2, -0.15) is 0 Å². The van der Waals surface area contributed by atoms with Gasteiger partial charge in [-0.3, -0.25) is 0 Å². The van der Waals surface area contributed by atoms with Gasteiger partial charge in [0.25, 0.3) is 0 Å². The van der Waals surface area contributed by atoms with Crippen molar-refractivity contribution in [1.82, 2.24) is 3.80 Å². The van der Waals surface area contributed by atoms with Crippen LogP contribution in [0.5, 0.6) is 0 Å². The molecule has 0 saturated heterocycles. The van der Waals surface area contributed by atoms with Crippen molar-refractivity contribution >= 4 is 12.6 Å². The van der Waals surface area contributed by atoms with E-state index in [4.69, 9.17) is 0 Å². The van der Waals surface area contributed by atoms with Crippen molar-refractivity contribution in [2.75, 3.05) is 0 Å². The average molecular weight is 370 g/mol. The second-order valence-electron chi connectivity index (χ2n) is 7.35. The monoisotopic (exact) mass is 370 g/mol. The Bertz CT molecular complexity index is 482. The van der Waals surface area contributed by atoms with Crippen molar-refractivity contribution in [1.29, 1.82) is 0 Å². The molecule has 1 aliphatic carbocycles. The molecule has 1 amide bonds. The zero-order chi connectivity index (χ0) is 17.6. The molecule has 1 atom stereocenters. The van der Waals surface area contributed by atoms with E-state index in [1.807, 2.05) is 0 Å². The number of unbranched alkanes of at least 4 members (excludes halogenated alkanes) is 4. The van der Waals surface area contributed by atoms with Crippen molar-refractivity contribution in [2.24, 2.45) is 5.92 Å². The fraction of sp³-hybridized carbons (Fsp3) is 0.737. The quantitative estimate of drug-likeness (QED) is 0.436. The van der Waals surface area contributed by atoms with Crippen LogP contribution < -0.4 is 3.80 Å². The first-order chi connectivity index (χ1) is 10.8. The van der Waals surface area contributed by atoms with Crippen LogP contribution in [0.4, 0.5) is 0 Å². The van der Waals surface area contributed by atoms with Gasteiger partial charge in [0.1, 0.15) is 0 Å². The SMILES string of the molecule is CCCCCCCC(=O)[NH][Ti]([C]1=C(C)C(C)=C(C)C1C)[SiH](C)C. The van der Waals surface area contributed by atoms with Crippen LogP contribution in [0.25, 0.3) is 0 Å². The summed E-state index contributed by atoms with van der Waals surface area (Å²) in [5.74, 6) is 0.886. The molecule has 0 aromatic carbocycles. The predicted molar refractivity (Wildman–Crippen MR) is 101 cm³/mol. The summed E-state index contributed by atoms with van der Waals surface area (Å²) in [4.78, 5) is 12.4. The molecule has 1 N–H and O–H groups in total. The number of carbonyl (C=O) groups excluding carboxylic acids is 1. The van der Waals surface area contributed by atoms with Crippen LogP contribution in [-0.2, 0) is 22.2 Å². The molecule has 0 bridgehead atoms. The normalized spacial score (nSPS) is 18.2. The standard InChI is InChI=1S/C9H13.C8H17NO.C2H7Si.Ti/c1-6-5-7(2)9(4)8(6)3;1-2-3-4-5-6-7-8(9)10;1-3-2;/h6H,1-4H3;2-7H2,1H3,(H2,9,10);3H,1-2H3;/q;;;+1/p-1. The summed E-state index contributed by atoms with van der Waals surface area (Å²) in [7, 11) is 0. The van der Waals surface area contributed by atoms with E-state index in [1.165, 1.54) is 42.4 Å². The molecule has 1 rings (SSSR count). The van der Waals surface area contributed by atoms with Crippen molar-refractivity contribution in [3.05, 3.63) is 20.6 Å². The third-order valence-corrected chi connectivity index (χ3v) is 16.8. The number of allylic oxidation sites excluding steroid dienone is 4. The Labute approximate surface area is 151 Å². The number of nitrogens with one attached hydrogen (secondary N) is 1. The predicted octanol–water partition coefficient (Wildman–Crippen LogP) is 5.24. The molecule has 23 heavy (non-hydrogen) atoms. The van der Waals surface area contributed by atoms with Gasteiger partial charge < -0.3 is 0 Å². The second kappa shape index (κ2) is 10.0. The number of amides is 1. The summed E-state index contributed by atoms with van der Waals surface area (Å²) in [5.41, 5.74) is 4.49. The molecule has 0 aliphatic heterocycles. The number of rotatable bonds is 9. The number of hydrogen-bond donors (Lipinski definition) is 1. The summed E-state index contributed by atoms with van der Waals surface area (Å²) in [6.45, 7) is 15.4. The molecule has 0 radical (unpaired) electrons. The first-order valence-corrected chi connectivity index (χ1v) is 16.5. The Morgan fingerprint density at radius 1 is 1.09 bits per heavy atom. The average Bonchev–Trinajstić information content (AvgIpc) is 2.69. The van der Waals surface area contributed by atoms with Crippen LogP contribution in [0.15, 0.2) is 20.6 Å². The van der Waals surface area contributed by atoms with Crippen LogP contribution in [0.1, 0.15) is 73.1 Å². The van der Waals surface area contributed by atoms with Crippen LogP contribution in [0.3, 0.4) is 0 Å².